The number of anilines is 1. The number of amides is 1. The van der Waals surface area contributed by atoms with Crippen molar-refractivity contribution >= 4 is 41.5 Å². The summed E-state index contributed by atoms with van der Waals surface area (Å²) in [4.78, 5) is 20.5. The van der Waals surface area contributed by atoms with Crippen molar-refractivity contribution in [1.29, 1.82) is 0 Å². The summed E-state index contributed by atoms with van der Waals surface area (Å²) in [6.07, 6.45) is 4.52. The first kappa shape index (κ1) is 25.5. The van der Waals surface area contributed by atoms with Crippen LogP contribution in [-0.4, -0.2) is 82.9 Å². The Labute approximate surface area is 202 Å². The molecule has 2 atom stereocenters. The van der Waals surface area contributed by atoms with Crippen molar-refractivity contribution in [1.82, 2.24) is 15.5 Å². The smallest absolute Gasteiger partial charge is 0.243 e. The standard InChI is InChI=1S/C22H35N5O3.HI/c1-26(2)21(28)15-24-22(23-14-20-10-6-12-30-20)25-17-7-5-11-27(16-17)18-8-4-9-19(13-18)29-3;/h4,8-9,13,17,20H,5-7,10-12,14-16H2,1-3H3,(H2,23,24,25);1H. The Morgan fingerprint density at radius 3 is 2.87 bits per heavy atom. The number of likely N-dealkylation sites (N-methyl/N-ethyl adjacent to an activating group) is 1. The maximum atomic E-state index is 12.0. The van der Waals surface area contributed by atoms with Crippen LogP contribution in [0, 0.1) is 0 Å². The zero-order valence-electron chi connectivity index (χ0n) is 18.8. The van der Waals surface area contributed by atoms with E-state index in [0.717, 1.165) is 56.8 Å². The van der Waals surface area contributed by atoms with Crippen LogP contribution in [0.1, 0.15) is 25.7 Å². The Morgan fingerprint density at radius 1 is 1.32 bits per heavy atom. The number of rotatable bonds is 7. The van der Waals surface area contributed by atoms with E-state index in [2.05, 4.69) is 32.7 Å². The van der Waals surface area contributed by atoms with Gasteiger partial charge in [-0.05, 0) is 37.8 Å². The molecule has 9 heteroatoms. The SMILES string of the molecule is COc1cccc(N2CCCC(NC(=NCC(=O)N(C)C)NCC3CCCO3)C2)c1.I. The molecular weight excluding hydrogens is 509 g/mol. The van der Waals surface area contributed by atoms with Crippen LogP contribution >= 0.6 is 24.0 Å². The Kier molecular flexibility index (Phi) is 10.7. The van der Waals surface area contributed by atoms with Crippen molar-refractivity contribution in [2.24, 2.45) is 4.99 Å². The number of carbonyl (C=O) groups excluding carboxylic acids is 1. The molecule has 2 aliphatic heterocycles. The third-order valence-electron chi connectivity index (χ3n) is 5.57. The molecule has 0 bridgehead atoms. The third kappa shape index (κ3) is 8.03. The molecule has 1 aromatic rings. The lowest BCUT2D eigenvalue weighted by Crippen LogP contribution is -2.52. The van der Waals surface area contributed by atoms with Crippen LogP contribution in [0.2, 0.25) is 0 Å². The number of hydrogen-bond acceptors (Lipinski definition) is 5. The average Bonchev–Trinajstić information content (AvgIpc) is 3.29. The molecule has 3 rings (SSSR count). The summed E-state index contributed by atoms with van der Waals surface area (Å²) in [5.74, 6) is 1.53. The summed E-state index contributed by atoms with van der Waals surface area (Å²) in [5.41, 5.74) is 1.16. The number of carbonyl (C=O) groups is 1. The molecule has 8 nitrogen and oxygen atoms in total. The normalized spacial score (nSPS) is 21.3. The van der Waals surface area contributed by atoms with Crippen molar-refractivity contribution in [2.75, 3.05) is 58.9 Å². The largest absolute Gasteiger partial charge is 0.497 e. The average molecular weight is 545 g/mol. The molecule has 0 spiro atoms. The van der Waals surface area contributed by atoms with E-state index in [1.54, 1.807) is 26.1 Å². The zero-order valence-corrected chi connectivity index (χ0v) is 21.1. The topological polar surface area (TPSA) is 78.4 Å². The maximum absolute atomic E-state index is 12.0. The van der Waals surface area contributed by atoms with Gasteiger partial charge in [0.2, 0.25) is 5.91 Å². The lowest BCUT2D eigenvalue weighted by molar-refractivity contribution is -0.127. The van der Waals surface area contributed by atoms with Crippen molar-refractivity contribution in [3.05, 3.63) is 24.3 Å². The highest BCUT2D eigenvalue weighted by atomic mass is 127. The van der Waals surface area contributed by atoms with Gasteiger partial charge in [-0.15, -0.1) is 24.0 Å². The number of ether oxygens (including phenoxy) is 2. The lowest BCUT2D eigenvalue weighted by atomic mass is 10.0. The number of methoxy groups -OCH3 is 1. The van der Waals surface area contributed by atoms with E-state index < -0.39 is 0 Å². The number of nitrogens with one attached hydrogen (secondary N) is 2. The van der Waals surface area contributed by atoms with E-state index in [-0.39, 0.29) is 48.6 Å². The number of nitrogens with zero attached hydrogens (tertiary/aromatic N) is 3. The molecule has 2 unspecified atom stereocenters. The summed E-state index contributed by atoms with van der Waals surface area (Å²) in [6, 6.07) is 8.42. The first-order chi connectivity index (χ1) is 14.5. The van der Waals surface area contributed by atoms with Gasteiger partial charge in [-0.25, -0.2) is 4.99 Å². The second-order valence-electron chi connectivity index (χ2n) is 8.10. The number of hydrogen-bond donors (Lipinski definition) is 2. The second kappa shape index (κ2) is 12.9. The molecule has 2 aliphatic rings. The number of aliphatic imine (C=N–C) groups is 1. The van der Waals surface area contributed by atoms with Crippen molar-refractivity contribution in [2.45, 2.75) is 37.8 Å². The minimum absolute atomic E-state index is 0. The van der Waals surface area contributed by atoms with E-state index in [4.69, 9.17) is 9.47 Å². The van der Waals surface area contributed by atoms with Gasteiger partial charge in [-0.2, -0.15) is 0 Å². The van der Waals surface area contributed by atoms with Crippen LogP contribution < -0.4 is 20.3 Å². The molecule has 1 amide bonds. The summed E-state index contributed by atoms with van der Waals surface area (Å²) in [6.45, 7) is 3.54. The van der Waals surface area contributed by atoms with E-state index in [1.165, 1.54) is 0 Å². The minimum atomic E-state index is -0.0186. The van der Waals surface area contributed by atoms with Crippen LogP contribution in [0.3, 0.4) is 0 Å². The molecule has 0 aromatic heterocycles. The van der Waals surface area contributed by atoms with E-state index in [1.807, 2.05) is 12.1 Å². The summed E-state index contributed by atoms with van der Waals surface area (Å²) in [5, 5.41) is 6.92. The summed E-state index contributed by atoms with van der Waals surface area (Å²) >= 11 is 0. The van der Waals surface area contributed by atoms with Crippen LogP contribution in [0.15, 0.2) is 29.3 Å². The van der Waals surface area contributed by atoms with Gasteiger partial charge >= 0.3 is 0 Å². The highest BCUT2D eigenvalue weighted by molar-refractivity contribution is 14.0. The van der Waals surface area contributed by atoms with Crippen molar-refractivity contribution in [3.63, 3.8) is 0 Å². The van der Waals surface area contributed by atoms with Crippen molar-refractivity contribution < 1.29 is 14.3 Å². The van der Waals surface area contributed by atoms with E-state index in [9.17, 15) is 4.79 Å². The van der Waals surface area contributed by atoms with Gasteiger partial charge in [0.05, 0.1) is 13.2 Å². The third-order valence-corrected chi connectivity index (χ3v) is 5.57. The van der Waals surface area contributed by atoms with Crippen LogP contribution in [-0.2, 0) is 9.53 Å². The molecule has 31 heavy (non-hydrogen) atoms. The van der Waals surface area contributed by atoms with Crippen LogP contribution in [0.4, 0.5) is 5.69 Å². The molecular formula is C22H36IN5O3. The molecule has 2 heterocycles. The number of halogens is 1. The summed E-state index contributed by atoms with van der Waals surface area (Å²) < 4.78 is 11.1. The number of benzene rings is 1. The first-order valence-corrected chi connectivity index (χ1v) is 10.8. The lowest BCUT2D eigenvalue weighted by Gasteiger charge is -2.35. The monoisotopic (exact) mass is 545 g/mol. The maximum Gasteiger partial charge on any atom is 0.243 e. The van der Waals surface area contributed by atoms with E-state index in [0.29, 0.717) is 12.5 Å². The molecule has 2 N–H and O–H groups in total. The van der Waals surface area contributed by atoms with Gasteiger partial charge < -0.3 is 29.9 Å². The van der Waals surface area contributed by atoms with Crippen molar-refractivity contribution in [3.8, 4) is 5.75 Å². The Hall–Kier alpha value is -1.75. The van der Waals surface area contributed by atoms with Gasteiger partial charge in [-0.3, -0.25) is 4.79 Å². The minimum Gasteiger partial charge on any atom is -0.497 e. The molecule has 2 fully saturated rings. The molecule has 174 valence electrons. The van der Waals surface area contributed by atoms with E-state index >= 15 is 0 Å². The molecule has 0 saturated carbocycles. The van der Waals surface area contributed by atoms with Gasteiger partial charge in [0.1, 0.15) is 12.3 Å². The van der Waals surface area contributed by atoms with Crippen LogP contribution in [0.25, 0.3) is 0 Å². The fourth-order valence-electron chi connectivity index (χ4n) is 3.79. The van der Waals surface area contributed by atoms with Gasteiger partial charge in [0.25, 0.3) is 0 Å². The quantitative estimate of drug-likeness (QED) is 0.311. The fourth-order valence-corrected chi connectivity index (χ4v) is 3.79. The van der Waals surface area contributed by atoms with Gasteiger partial charge in [-0.1, -0.05) is 6.07 Å². The predicted octanol–water partition coefficient (Wildman–Crippen LogP) is 2.08. The Balaban J connectivity index is 0.00000341. The molecule has 0 radical (unpaired) electrons. The summed E-state index contributed by atoms with van der Waals surface area (Å²) in [7, 11) is 5.19. The van der Waals surface area contributed by atoms with Gasteiger partial charge in [0, 0.05) is 58.1 Å². The first-order valence-electron chi connectivity index (χ1n) is 10.8. The number of piperidine rings is 1. The highest BCUT2D eigenvalue weighted by Crippen LogP contribution is 2.24. The Morgan fingerprint density at radius 2 is 2.16 bits per heavy atom. The second-order valence-corrected chi connectivity index (χ2v) is 8.10. The molecule has 0 aliphatic carbocycles. The van der Waals surface area contributed by atoms with Crippen LogP contribution in [0.5, 0.6) is 5.75 Å². The molecule has 2 saturated heterocycles. The van der Waals surface area contributed by atoms with Gasteiger partial charge in [0.15, 0.2) is 5.96 Å². The Bertz CT molecular complexity index is 725. The zero-order chi connectivity index (χ0) is 21.3. The highest BCUT2D eigenvalue weighted by Gasteiger charge is 2.22. The predicted molar refractivity (Wildman–Crippen MR) is 135 cm³/mol. The number of guanidine groups is 1. The fraction of sp³-hybridized carbons (Fsp3) is 0.636. The molecule has 1 aromatic carbocycles.